The van der Waals surface area contributed by atoms with E-state index in [0.717, 1.165) is 23.7 Å². The fraction of sp³-hybridized carbons (Fsp3) is 0.462. The first-order chi connectivity index (χ1) is 8.15. The van der Waals surface area contributed by atoms with Gasteiger partial charge in [0.25, 0.3) is 0 Å². The first-order valence-corrected chi connectivity index (χ1v) is 7.25. The first-order valence-electron chi connectivity index (χ1n) is 5.75. The molecule has 4 heteroatoms. The van der Waals surface area contributed by atoms with Gasteiger partial charge in [0.05, 0.1) is 6.42 Å². The van der Waals surface area contributed by atoms with Crippen molar-refractivity contribution in [2.45, 2.75) is 32.2 Å². The topological polar surface area (TPSA) is 29.1 Å². The molecule has 0 saturated heterocycles. The Morgan fingerprint density at radius 1 is 1.41 bits per heavy atom. The Bertz CT molecular complexity index is 353. The van der Waals surface area contributed by atoms with Crippen molar-refractivity contribution in [1.82, 2.24) is 5.32 Å². The lowest BCUT2D eigenvalue weighted by Gasteiger charge is -2.15. The van der Waals surface area contributed by atoms with Crippen molar-refractivity contribution in [3.05, 3.63) is 34.9 Å². The Morgan fingerprint density at radius 3 is 2.59 bits per heavy atom. The average molecular weight is 319 g/mol. The van der Waals surface area contributed by atoms with E-state index < -0.39 is 0 Å². The molecule has 0 bridgehead atoms. The molecule has 17 heavy (non-hydrogen) atoms. The number of carbonyl (C=O) groups is 1. The summed E-state index contributed by atoms with van der Waals surface area (Å²) in [6, 6.07) is 7.63. The summed E-state index contributed by atoms with van der Waals surface area (Å²) in [5.41, 5.74) is 0.987. The second-order valence-corrected chi connectivity index (χ2v) is 5.18. The van der Waals surface area contributed by atoms with Crippen LogP contribution in [0.25, 0.3) is 0 Å². The monoisotopic (exact) mass is 317 g/mol. The highest BCUT2D eigenvalue weighted by Gasteiger charge is 2.10. The Balaban J connectivity index is 2.46. The average Bonchev–Trinajstić information content (AvgIpc) is 2.31. The first kappa shape index (κ1) is 14.5. The lowest BCUT2D eigenvalue weighted by Crippen LogP contribution is -2.35. The molecular weight excluding hydrogens is 302 g/mol. The number of halogens is 2. The second kappa shape index (κ2) is 7.72. The molecule has 0 spiro atoms. The molecule has 0 saturated carbocycles. The summed E-state index contributed by atoms with van der Waals surface area (Å²) in [6.07, 6.45) is 2.33. The molecule has 0 heterocycles. The fourth-order valence-corrected chi connectivity index (χ4v) is 2.26. The van der Waals surface area contributed by atoms with Crippen LogP contribution in [0.1, 0.15) is 25.3 Å². The van der Waals surface area contributed by atoms with Crippen molar-refractivity contribution >= 4 is 33.4 Å². The van der Waals surface area contributed by atoms with Gasteiger partial charge in [0.2, 0.25) is 5.91 Å². The quantitative estimate of drug-likeness (QED) is 0.798. The van der Waals surface area contributed by atoms with E-state index in [0.29, 0.717) is 11.4 Å². The number of hydrogen-bond donors (Lipinski definition) is 1. The van der Waals surface area contributed by atoms with E-state index in [1.165, 1.54) is 0 Å². The summed E-state index contributed by atoms with van der Waals surface area (Å²) in [7, 11) is 0. The summed E-state index contributed by atoms with van der Waals surface area (Å²) in [5, 5.41) is 4.63. The molecule has 0 radical (unpaired) electrons. The minimum atomic E-state index is 0.0696. The van der Waals surface area contributed by atoms with Crippen LogP contribution < -0.4 is 5.32 Å². The third kappa shape index (κ3) is 5.55. The standard InChI is InChI=1S/C13H17BrClNO/c1-2-12(7-8-14)16-13(17)9-10-3-5-11(15)6-4-10/h3-6,12H,2,7-9H2,1H3,(H,16,17). The Labute approximate surface area is 116 Å². The maximum atomic E-state index is 11.8. The van der Waals surface area contributed by atoms with Crippen molar-refractivity contribution in [2.75, 3.05) is 5.33 Å². The number of amides is 1. The predicted octanol–water partition coefficient (Wildman–Crippen LogP) is 3.56. The zero-order chi connectivity index (χ0) is 12.7. The lowest BCUT2D eigenvalue weighted by molar-refractivity contribution is -0.121. The third-order valence-electron chi connectivity index (χ3n) is 2.59. The molecule has 1 rings (SSSR count). The highest BCUT2D eigenvalue weighted by molar-refractivity contribution is 9.09. The zero-order valence-corrected chi connectivity index (χ0v) is 12.2. The maximum absolute atomic E-state index is 11.8. The molecule has 1 atom stereocenters. The van der Waals surface area contributed by atoms with Crippen LogP contribution in [-0.4, -0.2) is 17.3 Å². The number of rotatable bonds is 6. The van der Waals surface area contributed by atoms with Crippen LogP contribution in [0, 0.1) is 0 Å². The fourth-order valence-electron chi connectivity index (χ4n) is 1.58. The number of hydrogen-bond acceptors (Lipinski definition) is 1. The highest BCUT2D eigenvalue weighted by atomic mass is 79.9. The summed E-state index contributed by atoms with van der Waals surface area (Å²) < 4.78 is 0. The Hall–Kier alpha value is -0.540. The van der Waals surface area contributed by atoms with E-state index >= 15 is 0 Å². The van der Waals surface area contributed by atoms with Crippen molar-refractivity contribution < 1.29 is 4.79 Å². The molecular formula is C13H17BrClNO. The molecule has 1 unspecified atom stereocenters. The normalized spacial score (nSPS) is 12.2. The zero-order valence-electron chi connectivity index (χ0n) is 9.88. The minimum absolute atomic E-state index is 0.0696. The van der Waals surface area contributed by atoms with E-state index in [4.69, 9.17) is 11.6 Å². The van der Waals surface area contributed by atoms with Gasteiger partial charge < -0.3 is 5.32 Å². The third-order valence-corrected chi connectivity index (χ3v) is 3.30. The van der Waals surface area contributed by atoms with Gasteiger partial charge in [-0.3, -0.25) is 4.79 Å². The molecule has 1 aromatic rings. The van der Waals surface area contributed by atoms with E-state index in [9.17, 15) is 4.79 Å². The molecule has 1 N–H and O–H groups in total. The van der Waals surface area contributed by atoms with Crippen LogP contribution in [0.4, 0.5) is 0 Å². The van der Waals surface area contributed by atoms with Crippen LogP contribution in [0.3, 0.4) is 0 Å². The number of carbonyl (C=O) groups excluding carboxylic acids is 1. The van der Waals surface area contributed by atoms with Gasteiger partial charge in [-0.15, -0.1) is 0 Å². The summed E-state index contributed by atoms with van der Waals surface area (Å²) in [4.78, 5) is 11.8. The predicted molar refractivity (Wildman–Crippen MR) is 75.8 cm³/mol. The number of alkyl halides is 1. The molecule has 0 aliphatic carbocycles. The van der Waals surface area contributed by atoms with Gasteiger partial charge in [-0.1, -0.05) is 46.6 Å². The largest absolute Gasteiger partial charge is 0.353 e. The van der Waals surface area contributed by atoms with Gasteiger partial charge in [-0.05, 0) is 30.5 Å². The van der Waals surface area contributed by atoms with Gasteiger partial charge in [0, 0.05) is 16.4 Å². The smallest absolute Gasteiger partial charge is 0.224 e. The number of benzene rings is 1. The van der Waals surface area contributed by atoms with E-state index in [1.54, 1.807) is 12.1 Å². The molecule has 0 fully saturated rings. The second-order valence-electron chi connectivity index (χ2n) is 3.95. The highest BCUT2D eigenvalue weighted by Crippen LogP contribution is 2.10. The van der Waals surface area contributed by atoms with Gasteiger partial charge in [-0.2, -0.15) is 0 Å². The molecule has 94 valence electrons. The summed E-state index contributed by atoms with van der Waals surface area (Å²) in [6.45, 7) is 2.08. The SMILES string of the molecule is CCC(CCBr)NC(=O)Cc1ccc(Cl)cc1. The lowest BCUT2D eigenvalue weighted by atomic mass is 10.1. The Kier molecular flexibility index (Phi) is 6.60. The van der Waals surface area contributed by atoms with Gasteiger partial charge in [0.1, 0.15) is 0 Å². The maximum Gasteiger partial charge on any atom is 0.224 e. The summed E-state index contributed by atoms with van der Waals surface area (Å²) >= 11 is 9.18. The van der Waals surface area contributed by atoms with Gasteiger partial charge in [0.15, 0.2) is 0 Å². The molecule has 1 aromatic carbocycles. The van der Waals surface area contributed by atoms with E-state index in [-0.39, 0.29) is 11.9 Å². The van der Waals surface area contributed by atoms with Crippen molar-refractivity contribution in [2.24, 2.45) is 0 Å². The molecule has 1 amide bonds. The van der Waals surface area contributed by atoms with E-state index in [1.807, 2.05) is 12.1 Å². The molecule has 2 nitrogen and oxygen atoms in total. The van der Waals surface area contributed by atoms with E-state index in [2.05, 4.69) is 28.2 Å². The van der Waals surface area contributed by atoms with Crippen LogP contribution in [-0.2, 0) is 11.2 Å². The van der Waals surface area contributed by atoms with Crippen molar-refractivity contribution in [3.63, 3.8) is 0 Å². The van der Waals surface area contributed by atoms with Crippen LogP contribution in [0.5, 0.6) is 0 Å². The minimum Gasteiger partial charge on any atom is -0.353 e. The van der Waals surface area contributed by atoms with Crippen molar-refractivity contribution in [3.8, 4) is 0 Å². The van der Waals surface area contributed by atoms with Crippen LogP contribution >= 0.6 is 27.5 Å². The molecule has 0 aliphatic rings. The molecule has 0 aliphatic heterocycles. The van der Waals surface area contributed by atoms with Crippen LogP contribution in [0.2, 0.25) is 5.02 Å². The van der Waals surface area contributed by atoms with Gasteiger partial charge >= 0.3 is 0 Å². The number of nitrogens with one attached hydrogen (secondary N) is 1. The Morgan fingerprint density at radius 2 is 2.06 bits per heavy atom. The summed E-state index contributed by atoms with van der Waals surface area (Å²) in [5.74, 6) is 0.0696. The molecule has 0 aromatic heterocycles. The van der Waals surface area contributed by atoms with Gasteiger partial charge in [-0.25, -0.2) is 0 Å². The van der Waals surface area contributed by atoms with Crippen LogP contribution in [0.15, 0.2) is 24.3 Å². The van der Waals surface area contributed by atoms with Crippen molar-refractivity contribution in [1.29, 1.82) is 0 Å².